The topological polar surface area (TPSA) is 135 Å². The van der Waals surface area contributed by atoms with E-state index in [0.29, 0.717) is 10.6 Å². The van der Waals surface area contributed by atoms with Crippen molar-refractivity contribution in [3.63, 3.8) is 0 Å². The number of benzene rings is 1. The number of ether oxygens (including phenoxy) is 2. The van der Waals surface area contributed by atoms with Crippen LogP contribution in [0.4, 0.5) is 4.39 Å². The predicted molar refractivity (Wildman–Crippen MR) is 167 cm³/mol. The van der Waals surface area contributed by atoms with E-state index in [2.05, 4.69) is 15.0 Å². The SMILES string of the molecule is [C-]#[N+]COc1ccc(F)cc1[C@H](Cn1c(=O)n(C(C)(C)C(=O)CC(C)C)c(=O)c2c(C)c(-n3nccn3)sc21)OCC(C)(C)O. The molecular weight excluding hydrogens is 603 g/mol. The summed E-state index contributed by atoms with van der Waals surface area (Å²) in [5, 5.41) is 19.6. The fraction of sp³-hybridized carbons (Fsp3) is 0.484. The van der Waals surface area contributed by atoms with Crippen molar-refractivity contribution < 1.29 is 23.8 Å². The van der Waals surface area contributed by atoms with Crippen molar-refractivity contribution in [3.8, 4) is 10.8 Å². The first-order chi connectivity index (χ1) is 21.1. The van der Waals surface area contributed by atoms with Gasteiger partial charge in [0.2, 0.25) is 0 Å². The lowest BCUT2D eigenvalue weighted by Gasteiger charge is -2.29. The van der Waals surface area contributed by atoms with Gasteiger partial charge in [0.05, 0.1) is 36.5 Å². The van der Waals surface area contributed by atoms with Gasteiger partial charge in [-0.05, 0) is 58.7 Å². The zero-order valence-electron chi connectivity index (χ0n) is 26.3. The highest BCUT2D eigenvalue weighted by Crippen LogP contribution is 2.35. The summed E-state index contributed by atoms with van der Waals surface area (Å²) < 4.78 is 28.7. The van der Waals surface area contributed by atoms with E-state index in [-0.39, 0.29) is 59.5 Å². The summed E-state index contributed by atoms with van der Waals surface area (Å²) >= 11 is 1.11. The molecule has 4 rings (SSSR count). The molecular formula is C31H37FN6O6S. The minimum absolute atomic E-state index is 0.0136. The number of fused-ring (bicyclic) bond motifs is 1. The van der Waals surface area contributed by atoms with Gasteiger partial charge < -0.3 is 14.6 Å². The number of thiophene rings is 1. The lowest BCUT2D eigenvalue weighted by atomic mass is 9.91. The standard InChI is InChI=1S/C31H37FN6O6S/c1-18(2)13-24(39)31(6,7)37-26(40)25-19(3)27(38-34-11-12-35-38)45-28(25)36(29(37)41)15-23(43-16-30(4,5)42)21-14-20(32)9-10-22(21)44-17-33-8/h9-12,14,18,23,42H,13,15-17H2,1-7H3/t23-/m0/s1. The molecule has 0 amide bonds. The Hall–Kier alpha value is -4.19. The Morgan fingerprint density at radius 1 is 1.18 bits per heavy atom. The van der Waals surface area contributed by atoms with Gasteiger partial charge in [-0.15, -0.1) is 4.80 Å². The Labute approximate surface area is 263 Å². The highest BCUT2D eigenvalue weighted by molar-refractivity contribution is 7.21. The number of carbonyl (C=O) groups excluding carboxylic acids is 1. The molecule has 0 unspecified atom stereocenters. The van der Waals surface area contributed by atoms with Crippen LogP contribution < -0.4 is 16.0 Å². The third kappa shape index (κ3) is 7.06. The Bertz CT molecular complexity index is 1860. The number of Topliss-reactive ketones (excluding diaryl/α,β-unsaturated/α-hetero) is 1. The number of aromatic nitrogens is 5. The van der Waals surface area contributed by atoms with Crippen LogP contribution in [0.3, 0.4) is 0 Å². The van der Waals surface area contributed by atoms with E-state index in [4.69, 9.17) is 16.0 Å². The molecule has 45 heavy (non-hydrogen) atoms. The van der Waals surface area contributed by atoms with Crippen molar-refractivity contribution >= 4 is 27.3 Å². The van der Waals surface area contributed by atoms with Gasteiger partial charge in [0.1, 0.15) is 33.0 Å². The van der Waals surface area contributed by atoms with E-state index in [1.165, 1.54) is 53.8 Å². The summed E-state index contributed by atoms with van der Waals surface area (Å²) in [6.07, 6.45) is 2.02. The van der Waals surface area contributed by atoms with Crippen LogP contribution in [0.25, 0.3) is 20.1 Å². The molecule has 0 bridgehead atoms. The molecule has 1 aromatic carbocycles. The van der Waals surface area contributed by atoms with Gasteiger partial charge in [0, 0.05) is 17.5 Å². The fourth-order valence-corrected chi connectivity index (χ4v) is 6.18. The number of ketones is 1. The number of nitrogens with zero attached hydrogens (tertiary/aromatic N) is 6. The van der Waals surface area contributed by atoms with Crippen LogP contribution in [-0.2, 0) is 21.6 Å². The van der Waals surface area contributed by atoms with Gasteiger partial charge in [0.15, 0.2) is 5.78 Å². The van der Waals surface area contributed by atoms with Crippen molar-refractivity contribution in [2.24, 2.45) is 5.92 Å². The zero-order valence-corrected chi connectivity index (χ0v) is 27.1. The predicted octanol–water partition coefficient (Wildman–Crippen LogP) is 4.39. The van der Waals surface area contributed by atoms with Crippen LogP contribution in [-0.4, -0.2) is 54.0 Å². The molecule has 0 saturated carbocycles. The fourth-order valence-electron chi connectivity index (χ4n) is 4.96. The Balaban J connectivity index is 2.03. The van der Waals surface area contributed by atoms with Crippen LogP contribution in [0.5, 0.6) is 5.75 Å². The lowest BCUT2D eigenvalue weighted by molar-refractivity contribution is -0.127. The average Bonchev–Trinajstić information content (AvgIpc) is 3.59. The van der Waals surface area contributed by atoms with Gasteiger partial charge >= 0.3 is 12.4 Å². The van der Waals surface area contributed by atoms with Crippen molar-refractivity contribution in [3.05, 3.63) is 79.8 Å². The number of halogens is 1. The van der Waals surface area contributed by atoms with Crippen LogP contribution in [0.15, 0.2) is 40.2 Å². The number of rotatable bonds is 13. The van der Waals surface area contributed by atoms with E-state index in [1.54, 1.807) is 20.8 Å². The van der Waals surface area contributed by atoms with Gasteiger partial charge in [-0.1, -0.05) is 25.2 Å². The molecule has 0 aliphatic heterocycles. The summed E-state index contributed by atoms with van der Waals surface area (Å²) in [6.45, 7) is 17.9. The molecule has 0 fully saturated rings. The molecule has 12 nitrogen and oxygen atoms in total. The number of aryl methyl sites for hydroxylation is 1. The second-order valence-electron chi connectivity index (χ2n) is 12.4. The first-order valence-electron chi connectivity index (χ1n) is 14.4. The first kappa shape index (κ1) is 33.7. The minimum atomic E-state index is -1.51. The number of carbonyl (C=O) groups is 1. The van der Waals surface area contributed by atoms with Gasteiger partial charge in [-0.2, -0.15) is 10.2 Å². The van der Waals surface area contributed by atoms with E-state index in [1.807, 2.05) is 13.8 Å². The molecule has 1 atom stereocenters. The summed E-state index contributed by atoms with van der Waals surface area (Å²) in [5.74, 6) is -0.763. The monoisotopic (exact) mass is 640 g/mol. The highest BCUT2D eigenvalue weighted by Gasteiger charge is 2.36. The van der Waals surface area contributed by atoms with Crippen LogP contribution in [0.2, 0.25) is 0 Å². The maximum absolute atomic E-state index is 14.7. The summed E-state index contributed by atoms with van der Waals surface area (Å²) in [5.41, 5.74) is -3.52. The van der Waals surface area contributed by atoms with Gasteiger partial charge in [-0.3, -0.25) is 19.0 Å². The van der Waals surface area contributed by atoms with Gasteiger partial charge in [-0.25, -0.2) is 20.3 Å². The van der Waals surface area contributed by atoms with E-state index in [0.717, 1.165) is 15.9 Å². The smallest absolute Gasteiger partial charge is 0.357 e. The molecule has 4 aromatic rings. The maximum atomic E-state index is 14.7. The number of hydrogen-bond acceptors (Lipinski definition) is 9. The molecule has 240 valence electrons. The van der Waals surface area contributed by atoms with Crippen molar-refractivity contribution in [2.45, 2.75) is 78.7 Å². The van der Waals surface area contributed by atoms with Crippen LogP contribution in [0, 0.1) is 25.2 Å². The highest BCUT2D eigenvalue weighted by atomic mass is 32.1. The molecule has 0 aliphatic carbocycles. The molecule has 3 heterocycles. The largest absolute Gasteiger partial charge is 0.425 e. The molecule has 0 saturated heterocycles. The number of hydrogen-bond donors (Lipinski definition) is 1. The normalized spacial score (nSPS) is 12.9. The minimum Gasteiger partial charge on any atom is -0.425 e. The quantitative estimate of drug-likeness (QED) is 0.213. The van der Waals surface area contributed by atoms with E-state index < -0.39 is 34.3 Å². The first-order valence-corrected chi connectivity index (χ1v) is 15.2. The second kappa shape index (κ2) is 13.0. The molecule has 0 aliphatic rings. The van der Waals surface area contributed by atoms with E-state index in [9.17, 15) is 23.9 Å². The molecule has 0 radical (unpaired) electrons. The average molecular weight is 641 g/mol. The molecule has 1 N–H and O–H groups in total. The zero-order chi connectivity index (χ0) is 33.3. The molecule has 14 heteroatoms. The second-order valence-corrected chi connectivity index (χ2v) is 13.3. The van der Waals surface area contributed by atoms with Crippen LogP contribution in [0.1, 0.15) is 65.2 Å². The number of aliphatic hydroxyl groups is 1. The van der Waals surface area contributed by atoms with Crippen molar-refractivity contribution in [2.75, 3.05) is 13.3 Å². The Morgan fingerprint density at radius 3 is 2.44 bits per heavy atom. The summed E-state index contributed by atoms with van der Waals surface area (Å²) in [6, 6.07) is 3.72. The molecule has 0 spiro atoms. The molecule has 3 aromatic heterocycles. The lowest BCUT2D eigenvalue weighted by Crippen LogP contribution is -2.53. The Morgan fingerprint density at radius 2 is 1.84 bits per heavy atom. The summed E-state index contributed by atoms with van der Waals surface area (Å²) in [4.78, 5) is 46.9. The van der Waals surface area contributed by atoms with Crippen molar-refractivity contribution in [1.29, 1.82) is 0 Å². The van der Waals surface area contributed by atoms with Crippen molar-refractivity contribution in [1.82, 2.24) is 24.1 Å². The van der Waals surface area contributed by atoms with Gasteiger partial charge in [0.25, 0.3) is 5.56 Å². The Kier molecular flexibility index (Phi) is 9.77. The third-order valence-corrected chi connectivity index (χ3v) is 8.49. The maximum Gasteiger partial charge on any atom is 0.357 e. The van der Waals surface area contributed by atoms with E-state index >= 15 is 0 Å². The van der Waals surface area contributed by atoms with Crippen LogP contribution >= 0.6 is 11.3 Å². The summed E-state index contributed by atoms with van der Waals surface area (Å²) in [7, 11) is 0. The third-order valence-electron chi connectivity index (χ3n) is 7.21.